The van der Waals surface area contributed by atoms with Crippen LogP contribution in [0.4, 0.5) is 0 Å². The second-order valence-electron chi connectivity index (χ2n) is 5.21. The van der Waals surface area contributed by atoms with Gasteiger partial charge in [0.1, 0.15) is 0 Å². The maximum absolute atomic E-state index is 6.20. The number of nitrogens with zero attached hydrogens (tertiary/aromatic N) is 1. The number of nitrogens with two attached hydrogens (primary N) is 1. The monoisotopic (exact) mass is 296 g/mol. The molecule has 1 heterocycles. The zero-order valence-corrected chi connectivity index (χ0v) is 12.2. The van der Waals surface area contributed by atoms with Crippen molar-refractivity contribution in [3.8, 4) is 0 Å². The number of halogens is 1. The summed E-state index contributed by atoms with van der Waals surface area (Å²) in [5.41, 5.74) is 7.52. The van der Waals surface area contributed by atoms with Crippen molar-refractivity contribution in [2.75, 3.05) is 13.1 Å². The summed E-state index contributed by atoms with van der Waals surface area (Å²) in [6.07, 6.45) is 1.29. The zero-order chi connectivity index (χ0) is 12.4. The van der Waals surface area contributed by atoms with Crippen LogP contribution in [0.25, 0.3) is 0 Å². The van der Waals surface area contributed by atoms with Gasteiger partial charge in [0.15, 0.2) is 0 Å². The minimum Gasteiger partial charge on any atom is -0.326 e. The van der Waals surface area contributed by atoms with Gasteiger partial charge in [-0.05, 0) is 37.4 Å². The highest BCUT2D eigenvalue weighted by Crippen LogP contribution is 2.33. The molecule has 0 amide bonds. The van der Waals surface area contributed by atoms with E-state index in [1.165, 1.54) is 16.5 Å². The van der Waals surface area contributed by atoms with Crippen molar-refractivity contribution in [2.45, 2.75) is 32.4 Å². The molecule has 0 radical (unpaired) electrons. The van der Waals surface area contributed by atoms with Gasteiger partial charge in [-0.3, -0.25) is 4.90 Å². The van der Waals surface area contributed by atoms with Crippen LogP contribution in [-0.2, 0) is 0 Å². The summed E-state index contributed by atoms with van der Waals surface area (Å²) < 4.78 is 1.17. The maximum Gasteiger partial charge on any atom is 0.0507 e. The average Bonchev–Trinajstić information content (AvgIpc) is 2.68. The Labute approximate surface area is 112 Å². The van der Waals surface area contributed by atoms with Crippen LogP contribution in [0.5, 0.6) is 0 Å². The summed E-state index contributed by atoms with van der Waals surface area (Å²) in [5.74, 6) is 0.790. The lowest BCUT2D eigenvalue weighted by Gasteiger charge is -2.32. The van der Waals surface area contributed by atoms with Gasteiger partial charge in [0.25, 0.3) is 0 Å². The third kappa shape index (κ3) is 2.90. The normalized spacial score (nSPS) is 24.8. The predicted molar refractivity (Wildman–Crippen MR) is 75.9 cm³/mol. The van der Waals surface area contributed by atoms with Crippen molar-refractivity contribution in [3.05, 3.63) is 34.3 Å². The Kier molecular flexibility index (Phi) is 4.23. The Morgan fingerprint density at radius 3 is 2.65 bits per heavy atom. The third-order valence-electron chi connectivity index (χ3n) is 3.57. The number of benzene rings is 1. The molecule has 2 N–H and O–H groups in total. The molecule has 0 aromatic heterocycles. The fourth-order valence-corrected chi connectivity index (χ4v) is 3.27. The van der Waals surface area contributed by atoms with Crippen LogP contribution in [0.15, 0.2) is 28.7 Å². The second-order valence-corrected chi connectivity index (χ2v) is 6.07. The summed E-state index contributed by atoms with van der Waals surface area (Å²) in [5, 5.41) is 0. The van der Waals surface area contributed by atoms with E-state index in [0.29, 0.717) is 6.04 Å². The molecule has 1 aromatic rings. The van der Waals surface area contributed by atoms with Gasteiger partial charge in [-0.2, -0.15) is 0 Å². The minimum atomic E-state index is 0.152. The van der Waals surface area contributed by atoms with Gasteiger partial charge in [-0.15, -0.1) is 0 Å². The number of rotatable bonds is 3. The van der Waals surface area contributed by atoms with Gasteiger partial charge in [0, 0.05) is 17.1 Å². The summed E-state index contributed by atoms with van der Waals surface area (Å²) in [4.78, 5) is 2.52. The Morgan fingerprint density at radius 1 is 1.41 bits per heavy atom. The fraction of sp³-hybridized carbons (Fsp3) is 0.571. The largest absolute Gasteiger partial charge is 0.326 e. The summed E-state index contributed by atoms with van der Waals surface area (Å²) in [6, 6.07) is 8.91. The topological polar surface area (TPSA) is 29.3 Å². The molecule has 0 aliphatic carbocycles. The van der Waals surface area contributed by atoms with Crippen LogP contribution in [0, 0.1) is 5.92 Å². The van der Waals surface area contributed by atoms with Crippen LogP contribution in [0.1, 0.15) is 31.9 Å². The molecule has 94 valence electrons. The van der Waals surface area contributed by atoms with Crippen molar-refractivity contribution in [3.63, 3.8) is 0 Å². The van der Waals surface area contributed by atoms with Gasteiger partial charge >= 0.3 is 0 Å². The van der Waals surface area contributed by atoms with Gasteiger partial charge in [-0.25, -0.2) is 0 Å². The van der Waals surface area contributed by atoms with Crippen molar-refractivity contribution in [1.29, 1.82) is 0 Å². The molecule has 1 fully saturated rings. The third-order valence-corrected chi connectivity index (χ3v) is 4.29. The fourth-order valence-electron chi connectivity index (χ4n) is 2.75. The van der Waals surface area contributed by atoms with E-state index >= 15 is 0 Å². The smallest absolute Gasteiger partial charge is 0.0507 e. The molecule has 1 aromatic carbocycles. The lowest BCUT2D eigenvalue weighted by atomic mass is 9.99. The maximum atomic E-state index is 6.20. The summed E-state index contributed by atoms with van der Waals surface area (Å²) in [7, 11) is 0. The highest BCUT2D eigenvalue weighted by atomic mass is 79.9. The van der Waals surface area contributed by atoms with Crippen molar-refractivity contribution in [1.82, 2.24) is 4.90 Å². The van der Waals surface area contributed by atoms with E-state index in [-0.39, 0.29) is 6.04 Å². The van der Waals surface area contributed by atoms with Gasteiger partial charge < -0.3 is 5.73 Å². The number of hydrogen-bond donors (Lipinski definition) is 1. The molecule has 1 aliphatic rings. The number of hydrogen-bond acceptors (Lipinski definition) is 2. The minimum absolute atomic E-state index is 0.152. The quantitative estimate of drug-likeness (QED) is 0.928. The van der Waals surface area contributed by atoms with E-state index < -0.39 is 0 Å². The molecule has 3 unspecified atom stereocenters. The molecule has 0 saturated carbocycles. The predicted octanol–water partition coefficient (Wildman–Crippen LogP) is 3.18. The molecule has 1 saturated heterocycles. The molecule has 0 spiro atoms. The highest BCUT2D eigenvalue weighted by molar-refractivity contribution is 9.10. The van der Waals surface area contributed by atoms with Gasteiger partial charge in [-0.1, -0.05) is 41.1 Å². The molecule has 3 atom stereocenters. The summed E-state index contributed by atoms with van der Waals surface area (Å²) in [6.45, 7) is 6.74. The van der Waals surface area contributed by atoms with E-state index in [0.717, 1.165) is 19.0 Å². The Hall–Kier alpha value is -0.380. The molecular formula is C14H21BrN2. The first-order valence-electron chi connectivity index (χ1n) is 6.33. The summed E-state index contributed by atoms with van der Waals surface area (Å²) >= 11 is 3.65. The first-order valence-corrected chi connectivity index (χ1v) is 7.13. The molecular weight excluding hydrogens is 276 g/mol. The highest BCUT2D eigenvalue weighted by Gasteiger charge is 2.30. The van der Waals surface area contributed by atoms with Crippen LogP contribution < -0.4 is 5.73 Å². The molecule has 0 bridgehead atoms. The van der Waals surface area contributed by atoms with Crippen molar-refractivity contribution < 1.29 is 0 Å². The molecule has 2 rings (SSSR count). The van der Waals surface area contributed by atoms with E-state index in [9.17, 15) is 0 Å². The van der Waals surface area contributed by atoms with E-state index in [4.69, 9.17) is 5.73 Å². The van der Waals surface area contributed by atoms with Gasteiger partial charge in [0.2, 0.25) is 0 Å². The molecule has 1 aliphatic heterocycles. The Balaban J connectivity index is 2.27. The first kappa shape index (κ1) is 13.1. The van der Waals surface area contributed by atoms with E-state index in [1.807, 2.05) is 0 Å². The van der Waals surface area contributed by atoms with Gasteiger partial charge in [0.05, 0.1) is 6.04 Å². The molecule has 3 heteroatoms. The van der Waals surface area contributed by atoms with Crippen molar-refractivity contribution in [2.24, 2.45) is 11.7 Å². The molecule has 2 nitrogen and oxygen atoms in total. The van der Waals surface area contributed by atoms with Crippen LogP contribution in [0.2, 0.25) is 0 Å². The van der Waals surface area contributed by atoms with Crippen LogP contribution in [-0.4, -0.2) is 24.0 Å². The lowest BCUT2D eigenvalue weighted by molar-refractivity contribution is 0.212. The Bertz CT molecular complexity index is 378. The number of likely N-dealkylation sites (tertiary alicyclic amines) is 1. The van der Waals surface area contributed by atoms with E-state index in [1.54, 1.807) is 0 Å². The average molecular weight is 297 g/mol. The van der Waals surface area contributed by atoms with Crippen molar-refractivity contribution >= 4 is 15.9 Å². The molecule has 17 heavy (non-hydrogen) atoms. The van der Waals surface area contributed by atoms with Crippen LogP contribution >= 0.6 is 15.9 Å². The van der Waals surface area contributed by atoms with E-state index in [2.05, 4.69) is 58.9 Å². The Morgan fingerprint density at radius 2 is 2.12 bits per heavy atom. The second kappa shape index (κ2) is 5.51. The lowest BCUT2D eigenvalue weighted by Crippen LogP contribution is -2.38. The van der Waals surface area contributed by atoms with Crippen LogP contribution in [0.3, 0.4) is 0 Å². The standard InChI is InChI=1S/C14H21BrN2/c1-10-7-8-17(9-10)14(11(2)16)12-5-3-4-6-13(12)15/h3-6,10-11,14H,7-9,16H2,1-2H3. The zero-order valence-electron chi connectivity index (χ0n) is 10.6. The first-order chi connectivity index (χ1) is 8.09. The SMILES string of the molecule is CC1CCN(C(c2ccccc2Br)C(C)N)C1.